The Kier molecular flexibility index (Phi) is 5.90. The predicted octanol–water partition coefficient (Wildman–Crippen LogP) is 5.12. The number of hydrogen-bond donors (Lipinski definition) is 2. The fourth-order valence-electron chi connectivity index (χ4n) is 2.21. The molecule has 0 fully saturated rings. The van der Waals surface area contributed by atoms with Gasteiger partial charge in [0.1, 0.15) is 17.3 Å². The third kappa shape index (κ3) is 5.44. The summed E-state index contributed by atoms with van der Waals surface area (Å²) in [4.78, 5) is 10.7. The van der Waals surface area contributed by atoms with E-state index in [4.69, 9.17) is 33.0 Å². The molecule has 0 spiro atoms. The minimum Gasteiger partial charge on any atom is -0.467 e. The van der Waals surface area contributed by atoms with E-state index in [1.807, 2.05) is 0 Å². The number of rotatable bonds is 6. The van der Waals surface area contributed by atoms with Crippen molar-refractivity contribution < 1.29 is 14.1 Å². The maximum absolute atomic E-state index is 11.2. The van der Waals surface area contributed by atoms with E-state index < -0.39 is 4.92 Å². The molecule has 3 rings (SSSR count). The molecule has 3 aromatic rings. The molecule has 0 bridgehead atoms. The second kappa shape index (κ2) is 8.52. The van der Waals surface area contributed by atoms with Crippen molar-refractivity contribution in [3.63, 3.8) is 0 Å². The molecular weight excluding hydrogens is 390 g/mol. The normalized spacial score (nSPS) is 10.3. The second-order valence-electron chi connectivity index (χ2n) is 5.42. The van der Waals surface area contributed by atoms with Gasteiger partial charge in [-0.05, 0) is 48.6 Å². The Morgan fingerprint density at radius 1 is 1.19 bits per heavy atom. The maximum atomic E-state index is 11.2. The Labute approximate surface area is 165 Å². The quantitative estimate of drug-likeness (QED) is 0.335. The van der Waals surface area contributed by atoms with E-state index in [1.54, 1.807) is 48.7 Å². The molecular formula is C18H14ClN3O4S. The fraction of sp³-hybridized carbons (Fsp3) is 0.0556. The van der Waals surface area contributed by atoms with Gasteiger partial charge in [-0.1, -0.05) is 11.6 Å². The first-order chi connectivity index (χ1) is 13.0. The van der Waals surface area contributed by atoms with Crippen molar-refractivity contribution in [2.24, 2.45) is 0 Å². The lowest BCUT2D eigenvalue weighted by atomic mass is 10.2. The van der Waals surface area contributed by atoms with Crippen molar-refractivity contribution >= 4 is 40.3 Å². The summed E-state index contributed by atoms with van der Waals surface area (Å²) in [6.45, 7) is 0.391. The van der Waals surface area contributed by atoms with Gasteiger partial charge in [-0.3, -0.25) is 10.1 Å². The van der Waals surface area contributed by atoms with Crippen molar-refractivity contribution in [2.45, 2.75) is 6.54 Å². The van der Waals surface area contributed by atoms with Gasteiger partial charge < -0.3 is 19.8 Å². The van der Waals surface area contributed by atoms with Crippen molar-refractivity contribution in [1.29, 1.82) is 0 Å². The Bertz CT molecular complexity index is 946. The monoisotopic (exact) mass is 403 g/mol. The largest absolute Gasteiger partial charge is 0.467 e. The lowest BCUT2D eigenvalue weighted by Crippen LogP contribution is -2.27. The summed E-state index contributed by atoms with van der Waals surface area (Å²) in [6, 6.07) is 14.6. The molecule has 0 aliphatic rings. The lowest BCUT2D eigenvalue weighted by Gasteiger charge is -2.12. The number of anilines is 1. The number of ether oxygens (including phenoxy) is 1. The van der Waals surface area contributed by atoms with Crippen LogP contribution in [-0.4, -0.2) is 10.0 Å². The fourth-order valence-corrected chi connectivity index (χ4v) is 2.53. The molecule has 0 atom stereocenters. The zero-order valence-electron chi connectivity index (χ0n) is 13.8. The number of halogens is 1. The van der Waals surface area contributed by atoms with Gasteiger partial charge in [-0.2, -0.15) is 0 Å². The average Bonchev–Trinajstić information content (AvgIpc) is 3.15. The summed E-state index contributed by atoms with van der Waals surface area (Å²) < 4.78 is 10.9. The van der Waals surface area contributed by atoms with Gasteiger partial charge in [0.2, 0.25) is 0 Å². The van der Waals surface area contributed by atoms with Crippen LogP contribution in [-0.2, 0) is 6.54 Å². The number of hydrogen-bond acceptors (Lipinski definition) is 5. The van der Waals surface area contributed by atoms with Gasteiger partial charge in [0.15, 0.2) is 5.11 Å². The average molecular weight is 404 g/mol. The molecule has 138 valence electrons. The van der Waals surface area contributed by atoms with Crippen molar-refractivity contribution in [3.8, 4) is 11.5 Å². The van der Waals surface area contributed by atoms with Crippen LogP contribution < -0.4 is 15.4 Å². The molecule has 1 aromatic heterocycles. The first kappa shape index (κ1) is 18.7. The topological polar surface area (TPSA) is 89.6 Å². The summed E-state index contributed by atoms with van der Waals surface area (Å²) in [7, 11) is 0. The summed E-state index contributed by atoms with van der Waals surface area (Å²) in [6.07, 6.45) is 1.56. The van der Waals surface area contributed by atoms with Crippen molar-refractivity contribution in [1.82, 2.24) is 5.32 Å². The molecule has 7 nitrogen and oxygen atoms in total. The van der Waals surface area contributed by atoms with E-state index in [2.05, 4.69) is 10.6 Å². The summed E-state index contributed by atoms with van der Waals surface area (Å²) in [5, 5.41) is 17.9. The first-order valence-electron chi connectivity index (χ1n) is 7.80. The lowest BCUT2D eigenvalue weighted by molar-refractivity contribution is -0.384. The van der Waals surface area contributed by atoms with E-state index in [0.29, 0.717) is 39.6 Å². The van der Waals surface area contributed by atoms with Gasteiger partial charge in [-0.25, -0.2) is 0 Å². The van der Waals surface area contributed by atoms with E-state index in [1.165, 1.54) is 12.1 Å². The second-order valence-corrected chi connectivity index (χ2v) is 6.26. The van der Waals surface area contributed by atoms with Crippen LogP contribution in [0.15, 0.2) is 65.3 Å². The van der Waals surface area contributed by atoms with Gasteiger partial charge in [0.25, 0.3) is 5.69 Å². The minimum absolute atomic E-state index is 0.127. The Balaban J connectivity index is 1.73. The number of thiocarbonyl (C=S) groups is 1. The molecule has 0 aliphatic heterocycles. The zero-order chi connectivity index (χ0) is 19.2. The molecule has 9 heteroatoms. The van der Waals surface area contributed by atoms with Gasteiger partial charge in [0.05, 0.1) is 29.5 Å². The minimum atomic E-state index is -0.501. The first-order valence-corrected chi connectivity index (χ1v) is 8.58. The number of non-ortho nitro benzene ring substituents is 1. The third-order valence-electron chi connectivity index (χ3n) is 3.41. The molecule has 2 aromatic carbocycles. The molecule has 0 unspecified atom stereocenters. The van der Waals surface area contributed by atoms with Crippen LogP contribution >= 0.6 is 23.8 Å². The number of nitro benzene ring substituents is 1. The van der Waals surface area contributed by atoms with Crippen LogP contribution in [0.25, 0.3) is 0 Å². The van der Waals surface area contributed by atoms with Crippen LogP contribution in [0, 0.1) is 10.1 Å². The van der Waals surface area contributed by atoms with Crippen molar-refractivity contribution in [2.75, 3.05) is 5.32 Å². The summed E-state index contributed by atoms with van der Waals surface area (Å²) in [5.74, 6) is 1.51. The molecule has 0 radical (unpaired) electrons. The van der Waals surface area contributed by atoms with Gasteiger partial charge >= 0.3 is 0 Å². The maximum Gasteiger partial charge on any atom is 0.275 e. The van der Waals surface area contributed by atoms with E-state index in [9.17, 15) is 10.1 Å². The number of furan rings is 1. The third-order valence-corrected chi connectivity index (χ3v) is 3.91. The summed E-state index contributed by atoms with van der Waals surface area (Å²) >= 11 is 11.1. The molecule has 0 aliphatic carbocycles. The number of benzene rings is 2. The standard InChI is InChI=1S/C18H14ClN3O4S/c19-12-3-5-15(6-4-12)26-17-9-13(8-14(10-17)22(23)24)21-18(27)20-11-16-2-1-7-25-16/h1-10H,11H2,(H2,20,21,27). The molecule has 0 amide bonds. The molecule has 0 saturated carbocycles. The Morgan fingerprint density at radius 2 is 1.96 bits per heavy atom. The SMILES string of the molecule is O=[N+]([O-])c1cc(NC(=S)NCc2ccco2)cc(Oc2ccc(Cl)cc2)c1. The van der Waals surface area contributed by atoms with E-state index in [0.717, 1.165) is 0 Å². The van der Waals surface area contributed by atoms with Crippen LogP contribution in [0.3, 0.4) is 0 Å². The number of nitrogens with one attached hydrogen (secondary N) is 2. The Morgan fingerprint density at radius 3 is 2.63 bits per heavy atom. The van der Waals surface area contributed by atoms with Gasteiger partial charge in [0, 0.05) is 17.2 Å². The molecule has 0 saturated heterocycles. The van der Waals surface area contributed by atoms with Gasteiger partial charge in [-0.15, -0.1) is 0 Å². The van der Waals surface area contributed by atoms with Crippen LogP contribution in [0.2, 0.25) is 5.02 Å². The smallest absolute Gasteiger partial charge is 0.275 e. The highest BCUT2D eigenvalue weighted by molar-refractivity contribution is 7.80. The van der Waals surface area contributed by atoms with E-state index in [-0.39, 0.29) is 5.69 Å². The molecule has 2 N–H and O–H groups in total. The number of nitrogens with zero attached hydrogens (tertiary/aromatic N) is 1. The summed E-state index contributed by atoms with van der Waals surface area (Å²) in [5.41, 5.74) is 0.294. The Hall–Kier alpha value is -3.10. The van der Waals surface area contributed by atoms with Crippen LogP contribution in [0.1, 0.15) is 5.76 Å². The predicted molar refractivity (Wildman–Crippen MR) is 106 cm³/mol. The molecule has 27 heavy (non-hydrogen) atoms. The zero-order valence-corrected chi connectivity index (χ0v) is 15.4. The van der Waals surface area contributed by atoms with Crippen molar-refractivity contribution in [3.05, 3.63) is 81.8 Å². The highest BCUT2D eigenvalue weighted by atomic mass is 35.5. The van der Waals surface area contributed by atoms with Crippen LogP contribution in [0.5, 0.6) is 11.5 Å². The highest BCUT2D eigenvalue weighted by Crippen LogP contribution is 2.30. The van der Waals surface area contributed by atoms with Crippen LogP contribution in [0.4, 0.5) is 11.4 Å². The molecule has 1 heterocycles. The van der Waals surface area contributed by atoms with E-state index >= 15 is 0 Å². The highest BCUT2D eigenvalue weighted by Gasteiger charge is 2.12. The number of nitro groups is 1.